The zero-order valence-corrected chi connectivity index (χ0v) is 13.6. The molecule has 0 aliphatic carbocycles. The first-order chi connectivity index (χ1) is 12.0. The number of aromatic hydroxyl groups is 1. The van der Waals surface area contributed by atoms with Crippen molar-refractivity contribution in [3.8, 4) is 11.5 Å². The first-order valence-corrected chi connectivity index (χ1v) is 7.91. The van der Waals surface area contributed by atoms with Crippen molar-refractivity contribution in [1.29, 1.82) is 0 Å². The van der Waals surface area contributed by atoms with Gasteiger partial charge in [0.05, 0.1) is 20.3 Å². The number of ether oxygens (including phenoxy) is 4. The van der Waals surface area contributed by atoms with Crippen LogP contribution in [-0.4, -0.2) is 82.7 Å². The van der Waals surface area contributed by atoms with Gasteiger partial charge in [-0.3, -0.25) is 0 Å². The molecule has 2 fully saturated rings. The fourth-order valence-electron chi connectivity index (χ4n) is 3.11. The molecule has 1 aromatic rings. The molecule has 2 saturated heterocycles. The Kier molecular flexibility index (Phi) is 5.44. The highest BCUT2D eigenvalue weighted by Gasteiger charge is 2.51. The predicted molar refractivity (Wildman–Crippen MR) is 82.0 cm³/mol. The molecule has 2 heterocycles. The normalized spacial score (nSPS) is 38.2. The lowest BCUT2D eigenvalue weighted by Crippen LogP contribution is -2.63. The van der Waals surface area contributed by atoms with E-state index in [1.807, 2.05) is 0 Å². The minimum Gasteiger partial charge on any atom is -0.504 e. The number of aliphatic hydroxyl groups is 4. The van der Waals surface area contributed by atoms with Gasteiger partial charge in [-0.2, -0.15) is 0 Å². The van der Waals surface area contributed by atoms with Gasteiger partial charge in [-0.05, 0) is 17.7 Å². The number of benzene rings is 1. The number of hydrogen-bond donors (Lipinski definition) is 5. The molecule has 0 saturated carbocycles. The molecule has 1 aromatic carbocycles. The molecule has 5 N–H and O–H groups in total. The molecule has 9 nitrogen and oxygen atoms in total. The third kappa shape index (κ3) is 3.32. The molecule has 25 heavy (non-hydrogen) atoms. The molecule has 3 rings (SSSR count). The Morgan fingerprint density at radius 2 is 1.68 bits per heavy atom. The minimum absolute atomic E-state index is 0.0522. The molecule has 0 bridgehead atoms. The van der Waals surface area contributed by atoms with Gasteiger partial charge >= 0.3 is 0 Å². The van der Waals surface area contributed by atoms with Gasteiger partial charge in [0, 0.05) is 0 Å². The summed E-state index contributed by atoms with van der Waals surface area (Å²) >= 11 is 0. The van der Waals surface area contributed by atoms with Crippen LogP contribution in [0, 0.1) is 0 Å². The summed E-state index contributed by atoms with van der Waals surface area (Å²) in [6, 6.07) is 4.54. The van der Waals surface area contributed by atoms with Gasteiger partial charge in [0.2, 0.25) is 0 Å². The number of phenols is 1. The molecule has 0 amide bonds. The van der Waals surface area contributed by atoms with E-state index in [0.29, 0.717) is 5.56 Å². The summed E-state index contributed by atoms with van der Waals surface area (Å²) in [7, 11) is 1.40. The Morgan fingerprint density at radius 3 is 2.32 bits per heavy atom. The number of fused-ring (bicyclic) bond motifs is 1. The van der Waals surface area contributed by atoms with Gasteiger partial charge in [0.15, 0.2) is 17.8 Å². The lowest BCUT2D eigenvalue weighted by atomic mass is 9.95. The van der Waals surface area contributed by atoms with Crippen LogP contribution in [0.3, 0.4) is 0 Å². The first kappa shape index (κ1) is 18.3. The van der Waals surface area contributed by atoms with E-state index in [4.69, 9.17) is 18.9 Å². The lowest BCUT2D eigenvalue weighted by molar-refractivity contribution is -0.371. The van der Waals surface area contributed by atoms with E-state index < -0.39 is 49.5 Å². The molecule has 0 aromatic heterocycles. The summed E-state index contributed by atoms with van der Waals surface area (Å²) < 4.78 is 22.0. The molecular formula is C16H22O9. The Morgan fingerprint density at radius 1 is 1.00 bits per heavy atom. The average Bonchev–Trinajstić information content (AvgIpc) is 2.64. The summed E-state index contributed by atoms with van der Waals surface area (Å²) in [5, 5.41) is 48.8. The van der Waals surface area contributed by atoms with Crippen LogP contribution in [-0.2, 0) is 14.2 Å². The monoisotopic (exact) mass is 358 g/mol. The van der Waals surface area contributed by atoms with Crippen LogP contribution >= 0.6 is 0 Å². The molecule has 0 unspecified atom stereocenters. The lowest BCUT2D eigenvalue weighted by Gasteiger charge is -2.48. The van der Waals surface area contributed by atoms with Gasteiger partial charge < -0.3 is 44.5 Å². The van der Waals surface area contributed by atoms with E-state index in [9.17, 15) is 25.5 Å². The zero-order valence-electron chi connectivity index (χ0n) is 13.6. The number of aliphatic hydroxyl groups excluding tert-OH is 4. The molecule has 140 valence electrons. The predicted octanol–water partition coefficient (Wildman–Crippen LogP) is -1.34. The summed E-state index contributed by atoms with van der Waals surface area (Å²) in [6.45, 7) is -0.879. The van der Waals surface area contributed by atoms with Gasteiger partial charge in [0.1, 0.15) is 36.6 Å². The number of phenolic OH excluding ortho intramolecular Hbond substituents is 1. The Labute approximate surface area is 143 Å². The second-order valence-electron chi connectivity index (χ2n) is 6.02. The maximum absolute atomic E-state index is 10.3. The Hall–Kier alpha value is -1.46. The van der Waals surface area contributed by atoms with Crippen molar-refractivity contribution in [3.05, 3.63) is 23.8 Å². The largest absolute Gasteiger partial charge is 0.504 e. The van der Waals surface area contributed by atoms with Crippen LogP contribution in [0.2, 0.25) is 0 Å². The van der Waals surface area contributed by atoms with Crippen LogP contribution in [0.1, 0.15) is 11.7 Å². The van der Waals surface area contributed by atoms with Crippen LogP contribution in [0.5, 0.6) is 11.5 Å². The van der Waals surface area contributed by atoms with Crippen LogP contribution in [0.25, 0.3) is 0 Å². The number of hydrogen-bond acceptors (Lipinski definition) is 9. The number of rotatable bonds is 4. The Bertz CT molecular complexity index is 595. The van der Waals surface area contributed by atoms with Gasteiger partial charge in [0.25, 0.3) is 0 Å². The summed E-state index contributed by atoms with van der Waals surface area (Å²) in [5.41, 5.74) is 0.554. The standard InChI is InChI=1S/C16H22O9/c1-22-9-4-7(2-3-8(9)19)14-11(6-18)24-16-15(25-14)13(21)12(20)10(5-17)23-16/h2-4,10-21H,5-6H2,1H3/t10-,11+,12-,13+,14+,15-,16+/m1/s1. The third-order valence-electron chi connectivity index (χ3n) is 4.49. The van der Waals surface area contributed by atoms with Crippen molar-refractivity contribution < 1.29 is 44.5 Å². The van der Waals surface area contributed by atoms with Crippen LogP contribution < -0.4 is 4.74 Å². The molecule has 9 heteroatoms. The van der Waals surface area contributed by atoms with Crippen LogP contribution in [0.4, 0.5) is 0 Å². The highest BCUT2D eigenvalue weighted by molar-refractivity contribution is 5.42. The van der Waals surface area contributed by atoms with Crippen LogP contribution in [0.15, 0.2) is 18.2 Å². The van der Waals surface area contributed by atoms with Crippen molar-refractivity contribution in [2.24, 2.45) is 0 Å². The quantitative estimate of drug-likeness (QED) is 0.442. The van der Waals surface area contributed by atoms with Gasteiger partial charge in [-0.15, -0.1) is 0 Å². The fraction of sp³-hybridized carbons (Fsp3) is 0.625. The van der Waals surface area contributed by atoms with Crippen molar-refractivity contribution in [2.75, 3.05) is 20.3 Å². The topological polar surface area (TPSA) is 138 Å². The van der Waals surface area contributed by atoms with Gasteiger partial charge in [-0.25, -0.2) is 0 Å². The number of methoxy groups -OCH3 is 1. The Balaban J connectivity index is 1.87. The molecule has 7 atom stereocenters. The van der Waals surface area contributed by atoms with Crippen molar-refractivity contribution in [2.45, 2.75) is 42.9 Å². The molecule has 2 aliphatic heterocycles. The fourth-order valence-corrected chi connectivity index (χ4v) is 3.11. The highest BCUT2D eigenvalue weighted by atomic mass is 16.7. The first-order valence-electron chi connectivity index (χ1n) is 7.91. The minimum atomic E-state index is -1.34. The van der Waals surface area contributed by atoms with Gasteiger partial charge in [-0.1, -0.05) is 6.07 Å². The van der Waals surface area contributed by atoms with E-state index in [2.05, 4.69) is 0 Å². The van der Waals surface area contributed by atoms with Crippen molar-refractivity contribution in [3.63, 3.8) is 0 Å². The zero-order chi connectivity index (χ0) is 18.1. The second kappa shape index (κ2) is 7.42. The maximum Gasteiger partial charge on any atom is 0.187 e. The second-order valence-corrected chi connectivity index (χ2v) is 6.02. The highest BCUT2D eigenvalue weighted by Crippen LogP contribution is 2.39. The van der Waals surface area contributed by atoms with E-state index in [0.717, 1.165) is 0 Å². The molecule has 0 spiro atoms. The SMILES string of the molecule is COc1cc([C@@H]2O[C@H]3[C@H](O[C@H]2CO)O[C@H](CO)[C@@H](O)[C@@H]3O)ccc1O. The summed E-state index contributed by atoms with van der Waals surface area (Å²) in [5.74, 6) is 0.171. The maximum atomic E-state index is 10.3. The third-order valence-corrected chi connectivity index (χ3v) is 4.49. The van der Waals surface area contributed by atoms with E-state index in [-0.39, 0.29) is 18.1 Å². The molecular weight excluding hydrogens is 336 g/mol. The molecule has 2 aliphatic rings. The van der Waals surface area contributed by atoms with Crippen molar-refractivity contribution in [1.82, 2.24) is 0 Å². The van der Waals surface area contributed by atoms with E-state index in [1.165, 1.54) is 19.2 Å². The van der Waals surface area contributed by atoms with Crippen molar-refractivity contribution >= 4 is 0 Å². The smallest absolute Gasteiger partial charge is 0.187 e. The molecule has 0 radical (unpaired) electrons. The van der Waals surface area contributed by atoms with E-state index in [1.54, 1.807) is 6.07 Å². The average molecular weight is 358 g/mol. The van der Waals surface area contributed by atoms with E-state index >= 15 is 0 Å². The summed E-state index contributed by atoms with van der Waals surface area (Å²) in [4.78, 5) is 0. The summed E-state index contributed by atoms with van der Waals surface area (Å²) in [6.07, 6.45) is -7.32.